The van der Waals surface area contributed by atoms with Crippen molar-refractivity contribution < 1.29 is 16.8 Å². The normalized spacial score (nSPS) is 12.2. The Morgan fingerprint density at radius 2 is 1.41 bits per heavy atom. The van der Waals surface area contributed by atoms with Gasteiger partial charge in [0, 0.05) is 11.4 Å². The maximum absolute atomic E-state index is 12.1. The number of rotatable bonds is 6. The predicted molar refractivity (Wildman–Crippen MR) is 89.0 cm³/mol. The summed E-state index contributed by atoms with van der Waals surface area (Å²) in [5.74, 6) is -0.294. The Morgan fingerprint density at radius 3 is 2.00 bits per heavy atom. The molecule has 0 spiro atoms. The summed E-state index contributed by atoms with van der Waals surface area (Å²) in [7, 11) is -6.44. The van der Waals surface area contributed by atoms with E-state index in [1.807, 2.05) is 0 Å². The number of nitrogens with two attached hydrogens (primary N) is 1. The molecule has 0 saturated heterocycles. The smallest absolute Gasteiger partial charge is 0.230 e. The maximum atomic E-state index is 12.1. The summed E-state index contributed by atoms with van der Waals surface area (Å²) in [6, 6.07) is 13.8. The molecule has 0 aliphatic rings. The van der Waals surface area contributed by atoms with Gasteiger partial charge in [0.25, 0.3) is 0 Å². The number of nitrogen functional groups attached to an aromatic ring is 1. The van der Waals surface area contributed by atoms with Crippen molar-refractivity contribution in [1.82, 2.24) is 0 Å². The van der Waals surface area contributed by atoms with Crippen LogP contribution in [-0.2, 0) is 18.7 Å². The standard InChI is InChI=1S/C14H15NO4S3/c15-12-6-8-13(9-7-12)21(16,17)11-10-20-22(18,19)14-4-2-1-3-5-14/h1-9H,10-11,15H2. The minimum atomic E-state index is -3.54. The van der Waals surface area contributed by atoms with Crippen molar-refractivity contribution in [2.75, 3.05) is 17.2 Å². The SMILES string of the molecule is Nc1ccc(S(=O)(=O)CCSS(=O)(=O)c2ccccc2)cc1. The quantitative estimate of drug-likeness (QED) is 0.629. The first kappa shape index (κ1) is 16.9. The molecule has 0 amide bonds. The highest BCUT2D eigenvalue weighted by Crippen LogP contribution is 2.24. The molecule has 8 heteroatoms. The number of hydrogen-bond donors (Lipinski definition) is 1. The van der Waals surface area contributed by atoms with E-state index in [1.54, 1.807) is 18.2 Å². The monoisotopic (exact) mass is 357 g/mol. The van der Waals surface area contributed by atoms with E-state index in [0.717, 1.165) is 0 Å². The summed E-state index contributed by atoms with van der Waals surface area (Å²) in [6.07, 6.45) is 0. The van der Waals surface area contributed by atoms with Gasteiger partial charge in [0.1, 0.15) is 0 Å². The van der Waals surface area contributed by atoms with E-state index in [1.165, 1.54) is 36.4 Å². The predicted octanol–water partition coefficient (Wildman–Crippen LogP) is 2.16. The van der Waals surface area contributed by atoms with Crippen LogP contribution in [0.2, 0.25) is 0 Å². The van der Waals surface area contributed by atoms with Crippen molar-refractivity contribution in [2.24, 2.45) is 0 Å². The molecule has 0 unspecified atom stereocenters. The Balaban J connectivity index is 2.03. The van der Waals surface area contributed by atoms with Crippen molar-refractivity contribution in [1.29, 1.82) is 0 Å². The molecule has 0 radical (unpaired) electrons. The van der Waals surface area contributed by atoms with Gasteiger partial charge in [-0.1, -0.05) is 18.2 Å². The summed E-state index contributed by atoms with van der Waals surface area (Å²) < 4.78 is 48.3. The van der Waals surface area contributed by atoms with Gasteiger partial charge in [0.2, 0.25) is 8.87 Å². The molecular weight excluding hydrogens is 342 g/mol. The third kappa shape index (κ3) is 4.25. The highest BCUT2D eigenvalue weighted by atomic mass is 33.1. The zero-order valence-corrected chi connectivity index (χ0v) is 14.0. The van der Waals surface area contributed by atoms with Gasteiger partial charge in [-0.15, -0.1) is 0 Å². The van der Waals surface area contributed by atoms with E-state index in [0.29, 0.717) is 16.5 Å². The van der Waals surface area contributed by atoms with E-state index in [-0.39, 0.29) is 21.3 Å². The largest absolute Gasteiger partial charge is 0.399 e. The Bertz CT molecular complexity index is 829. The number of anilines is 1. The second kappa shape index (κ2) is 6.72. The molecule has 2 aromatic carbocycles. The van der Waals surface area contributed by atoms with Crippen LogP contribution in [0.3, 0.4) is 0 Å². The number of sulfone groups is 1. The molecule has 0 aliphatic heterocycles. The first-order valence-corrected chi connectivity index (χ1v) is 11.0. The molecule has 0 saturated carbocycles. The Labute approximate surface area is 133 Å². The van der Waals surface area contributed by atoms with Crippen LogP contribution in [0, 0.1) is 0 Å². The fourth-order valence-corrected chi connectivity index (χ4v) is 6.50. The summed E-state index contributed by atoms with van der Waals surface area (Å²) in [6.45, 7) is 0. The molecular formula is C14H15NO4S3. The maximum Gasteiger partial charge on any atom is 0.230 e. The van der Waals surface area contributed by atoms with Crippen LogP contribution in [-0.4, -0.2) is 28.3 Å². The number of hydrogen-bond acceptors (Lipinski definition) is 6. The molecule has 0 fully saturated rings. The molecule has 2 aromatic rings. The molecule has 2 rings (SSSR count). The summed E-state index contributed by atoms with van der Waals surface area (Å²) >= 11 is 0. The van der Waals surface area contributed by atoms with Crippen LogP contribution in [0.5, 0.6) is 0 Å². The lowest BCUT2D eigenvalue weighted by Crippen LogP contribution is -2.10. The number of benzene rings is 2. The molecule has 22 heavy (non-hydrogen) atoms. The van der Waals surface area contributed by atoms with Gasteiger partial charge >= 0.3 is 0 Å². The topological polar surface area (TPSA) is 94.3 Å². The summed E-state index contributed by atoms with van der Waals surface area (Å²) in [5, 5.41) is 0. The van der Waals surface area contributed by atoms with Crippen molar-refractivity contribution in [2.45, 2.75) is 9.79 Å². The molecule has 0 aliphatic carbocycles. The summed E-state index contributed by atoms with van der Waals surface area (Å²) in [4.78, 5) is 0.310. The third-order valence-corrected chi connectivity index (χ3v) is 8.39. The minimum absolute atomic E-state index is 0.0378. The zero-order valence-electron chi connectivity index (χ0n) is 11.5. The van der Waals surface area contributed by atoms with Crippen LogP contribution in [0.15, 0.2) is 64.4 Å². The molecule has 0 atom stereocenters. The third-order valence-electron chi connectivity index (χ3n) is 2.86. The van der Waals surface area contributed by atoms with Crippen LogP contribution >= 0.6 is 10.8 Å². The highest BCUT2D eigenvalue weighted by molar-refractivity contribution is 8.72. The average Bonchev–Trinajstić information content (AvgIpc) is 2.48. The van der Waals surface area contributed by atoms with Gasteiger partial charge < -0.3 is 5.73 Å². The lowest BCUT2D eigenvalue weighted by molar-refractivity contribution is 0.597. The van der Waals surface area contributed by atoms with Crippen LogP contribution < -0.4 is 5.73 Å². The molecule has 2 N–H and O–H groups in total. The van der Waals surface area contributed by atoms with Gasteiger partial charge in [-0.3, -0.25) is 0 Å². The zero-order chi connectivity index (χ0) is 16.2. The van der Waals surface area contributed by atoms with Crippen molar-refractivity contribution in [3.8, 4) is 0 Å². The van der Waals surface area contributed by atoms with Crippen molar-refractivity contribution >= 4 is 35.2 Å². The minimum Gasteiger partial charge on any atom is -0.399 e. The molecule has 5 nitrogen and oxygen atoms in total. The lowest BCUT2D eigenvalue weighted by atomic mass is 10.3. The molecule has 0 aromatic heterocycles. The van der Waals surface area contributed by atoms with E-state index in [9.17, 15) is 16.8 Å². The fourth-order valence-electron chi connectivity index (χ4n) is 1.70. The fraction of sp³-hybridized carbons (Fsp3) is 0.143. The first-order valence-electron chi connectivity index (χ1n) is 6.34. The average molecular weight is 357 g/mol. The van der Waals surface area contributed by atoms with E-state index in [2.05, 4.69) is 0 Å². The van der Waals surface area contributed by atoms with Crippen LogP contribution in [0.4, 0.5) is 5.69 Å². The van der Waals surface area contributed by atoms with Crippen LogP contribution in [0.25, 0.3) is 0 Å². The van der Waals surface area contributed by atoms with Gasteiger partial charge in [-0.2, -0.15) is 0 Å². The Kier molecular flexibility index (Phi) is 5.15. The van der Waals surface area contributed by atoms with E-state index in [4.69, 9.17) is 5.73 Å². The first-order chi connectivity index (χ1) is 10.3. The van der Waals surface area contributed by atoms with Gasteiger partial charge in [0.05, 0.1) is 15.5 Å². The highest BCUT2D eigenvalue weighted by Gasteiger charge is 2.19. The lowest BCUT2D eigenvalue weighted by Gasteiger charge is -2.06. The van der Waals surface area contributed by atoms with Gasteiger partial charge in [-0.05, 0) is 47.2 Å². The molecule has 118 valence electrons. The van der Waals surface area contributed by atoms with Gasteiger partial charge in [0.15, 0.2) is 9.84 Å². The Hall–Kier alpha value is -1.51. The summed E-state index contributed by atoms with van der Waals surface area (Å²) in [5.41, 5.74) is 5.99. The van der Waals surface area contributed by atoms with Crippen LogP contribution in [0.1, 0.15) is 0 Å². The molecule has 0 heterocycles. The Morgan fingerprint density at radius 1 is 0.818 bits per heavy atom. The van der Waals surface area contributed by atoms with E-state index < -0.39 is 18.7 Å². The second-order valence-corrected chi connectivity index (χ2v) is 10.6. The molecule has 0 bridgehead atoms. The van der Waals surface area contributed by atoms with E-state index >= 15 is 0 Å². The second-order valence-electron chi connectivity index (χ2n) is 4.48. The van der Waals surface area contributed by atoms with Gasteiger partial charge in [-0.25, -0.2) is 16.8 Å². The van der Waals surface area contributed by atoms with Crippen molar-refractivity contribution in [3.63, 3.8) is 0 Å². The van der Waals surface area contributed by atoms with Crippen molar-refractivity contribution in [3.05, 3.63) is 54.6 Å².